The van der Waals surface area contributed by atoms with Crippen LogP contribution < -0.4 is 0 Å². The number of carbonyl (C=O) groups is 5. The van der Waals surface area contributed by atoms with Crippen LogP contribution in [0.2, 0.25) is 0 Å². The number of likely N-dealkylation sites (N-methyl/N-ethyl adjacent to an activating group) is 2. The topological polar surface area (TPSA) is 152 Å². The number of hydrogen-bond acceptors (Lipinski definition) is 11. The first-order valence-corrected chi connectivity index (χ1v) is 22.2. The van der Waals surface area contributed by atoms with E-state index >= 15 is 0 Å². The number of ether oxygens (including phenoxy) is 5. The Labute approximate surface area is 346 Å². The quantitative estimate of drug-likeness (QED) is 0.0217. The second kappa shape index (κ2) is 33.1. The van der Waals surface area contributed by atoms with E-state index in [0.29, 0.717) is 43.3 Å². The standard InChI is InChI=1S/C44H84N2O11/c1-9-11-13-15-17-22-26-30-44(57-43(52)36-46(7,8)32-34-54-38(4)48)56-41(50)29-25-21-18-19-23-27-39(49)40(28-24-20-16-14-12-10-2)55-42(51)35-45(5,6)31-33-53-37(3)47/h39-40,44,49H,9-36H2,1-8H3/q+2. The maximum atomic E-state index is 13.0. The van der Waals surface area contributed by atoms with E-state index in [4.69, 9.17) is 23.7 Å². The summed E-state index contributed by atoms with van der Waals surface area (Å²) >= 11 is 0. The molecule has 0 aliphatic rings. The SMILES string of the molecule is CCCCCCCCCC(OC(=O)CCCCCCCC(O)C(CCCCCCCC)OC(=O)C[N+](C)(C)CCOC(C)=O)OC(=O)C[N+](C)(C)CCOC(C)=O. The van der Waals surface area contributed by atoms with Crippen molar-refractivity contribution in [3.05, 3.63) is 0 Å². The number of carbonyl (C=O) groups excluding carboxylic acids is 5. The first-order chi connectivity index (χ1) is 27.0. The number of esters is 5. The maximum Gasteiger partial charge on any atom is 0.364 e. The molecule has 0 heterocycles. The molecule has 0 bridgehead atoms. The lowest BCUT2D eigenvalue weighted by Crippen LogP contribution is -2.47. The lowest BCUT2D eigenvalue weighted by Gasteiger charge is -2.30. The predicted molar refractivity (Wildman–Crippen MR) is 222 cm³/mol. The average Bonchev–Trinajstić information content (AvgIpc) is 3.10. The Morgan fingerprint density at radius 1 is 0.491 bits per heavy atom. The molecule has 1 N–H and O–H groups in total. The van der Waals surface area contributed by atoms with Crippen molar-refractivity contribution in [2.75, 3.05) is 67.6 Å². The molecule has 57 heavy (non-hydrogen) atoms. The van der Waals surface area contributed by atoms with Gasteiger partial charge in [-0.05, 0) is 32.1 Å². The minimum atomic E-state index is -0.931. The largest absolute Gasteiger partial charge is 0.460 e. The molecule has 3 unspecified atom stereocenters. The van der Waals surface area contributed by atoms with Crippen molar-refractivity contribution < 1.29 is 61.7 Å². The lowest BCUT2D eigenvalue weighted by molar-refractivity contribution is -0.883. The van der Waals surface area contributed by atoms with Gasteiger partial charge in [-0.25, -0.2) is 9.59 Å². The van der Waals surface area contributed by atoms with Gasteiger partial charge < -0.3 is 37.8 Å². The van der Waals surface area contributed by atoms with E-state index in [1.165, 1.54) is 52.4 Å². The van der Waals surface area contributed by atoms with E-state index in [1.54, 1.807) is 0 Å². The summed E-state index contributed by atoms with van der Waals surface area (Å²) in [6.07, 6.45) is 17.8. The highest BCUT2D eigenvalue weighted by atomic mass is 16.7. The molecule has 13 nitrogen and oxygen atoms in total. The Bertz CT molecular complexity index is 1100. The summed E-state index contributed by atoms with van der Waals surface area (Å²) in [7, 11) is 7.47. The van der Waals surface area contributed by atoms with Gasteiger partial charge in [0.25, 0.3) is 0 Å². The molecule has 0 aromatic heterocycles. The van der Waals surface area contributed by atoms with Crippen LogP contribution in [-0.2, 0) is 47.7 Å². The van der Waals surface area contributed by atoms with Crippen molar-refractivity contribution in [1.82, 2.24) is 0 Å². The van der Waals surface area contributed by atoms with Crippen molar-refractivity contribution in [2.45, 2.75) is 187 Å². The summed E-state index contributed by atoms with van der Waals surface area (Å²) in [5, 5.41) is 11.1. The molecule has 0 amide bonds. The lowest BCUT2D eigenvalue weighted by atomic mass is 9.99. The second-order valence-corrected chi connectivity index (χ2v) is 17.1. The van der Waals surface area contributed by atoms with Gasteiger partial charge in [-0.3, -0.25) is 14.4 Å². The Balaban J connectivity index is 4.90. The number of rotatable bonds is 37. The zero-order valence-corrected chi connectivity index (χ0v) is 37.5. The highest BCUT2D eigenvalue weighted by Gasteiger charge is 2.28. The molecule has 0 fully saturated rings. The van der Waals surface area contributed by atoms with Crippen molar-refractivity contribution in [2.24, 2.45) is 0 Å². The van der Waals surface area contributed by atoms with Gasteiger partial charge in [-0.1, -0.05) is 110 Å². The molecule has 0 aliphatic carbocycles. The molecule has 3 atom stereocenters. The van der Waals surface area contributed by atoms with Crippen LogP contribution in [0, 0.1) is 0 Å². The molecule has 0 aliphatic heterocycles. The highest BCUT2D eigenvalue weighted by Crippen LogP contribution is 2.19. The number of quaternary nitrogens is 2. The van der Waals surface area contributed by atoms with Gasteiger partial charge >= 0.3 is 29.8 Å². The minimum absolute atomic E-state index is 0.0553. The van der Waals surface area contributed by atoms with E-state index in [-0.39, 0.29) is 61.1 Å². The summed E-state index contributed by atoms with van der Waals surface area (Å²) in [5.41, 5.74) is 0. The third kappa shape index (κ3) is 33.9. The maximum absolute atomic E-state index is 13.0. The monoisotopic (exact) mass is 817 g/mol. The smallest absolute Gasteiger partial charge is 0.364 e. The number of aliphatic hydroxyl groups excluding tert-OH is 1. The third-order valence-corrected chi connectivity index (χ3v) is 10.1. The van der Waals surface area contributed by atoms with Gasteiger partial charge in [0.1, 0.15) is 32.4 Å². The van der Waals surface area contributed by atoms with Crippen LogP contribution in [-0.4, -0.2) is 130 Å². The zero-order chi connectivity index (χ0) is 43.0. The molecule has 0 spiro atoms. The molecule has 0 aromatic carbocycles. The third-order valence-electron chi connectivity index (χ3n) is 10.1. The normalized spacial score (nSPS) is 13.4. The van der Waals surface area contributed by atoms with Gasteiger partial charge in [-0.15, -0.1) is 0 Å². The number of unbranched alkanes of at least 4 members (excludes halogenated alkanes) is 15. The summed E-state index contributed by atoms with van der Waals surface area (Å²) in [5.74, 6) is -1.95. The van der Waals surface area contributed by atoms with Crippen molar-refractivity contribution >= 4 is 29.8 Å². The Morgan fingerprint density at radius 2 is 0.877 bits per heavy atom. The molecular weight excluding hydrogens is 732 g/mol. The fourth-order valence-corrected chi connectivity index (χ4v) is 6.53. The summed E-state index contributed by atoms with van der Waals surface area (Å²) in [6, 6.07) is 0. The second-order valence-electron chi connectivity index (χ2n) is 17.1. The first kappa shape index (κ1) is 54.2. The number of hydrogen-bond donors (Lipinski definition) is 1. The van der Waals surface area contributed by atoms with Crippen LogP contribution in [0.3, 0.4) is 0 Å². The van der Waals surface area contributed by atoms with E-state index in [1.807, 2.05) is 28.2 Å². The van der Waals surface area contributed by atoms with Crippen molar-refractivity contribution in [3.63, 3.8) is 0 Å². The van der Waals surface area contributed by atoms with E-state index < -0.39 is 24.5 Å². The Hall–Kier alpha value is -2.77. The van der Waals surface area contributed by atoms with Gasteiger partial charge in [0.2, 0.25) is 6.29 Å². The Kier molecular flexibility index (Phi) is 31.5. The number of aliphatic hydroxyl groups is 1. The first-order valence-electron chi connectivity index (χ1n) is 22.2. The van der Waals surface area contributed by atoms with E-state index in [9.17, 15) is 29.1 Å². The fourth-order valence-electron chi connectivity index (χ4n) is 6.53. The number of nitrogens with zero attached hydrogens (tertiary/aromatic N) is 2. The van der Waals surface area contributed by atoms with Gasteiger partial charge in [0, 0.05) is 26.7 Å². The fraction of sp³-hybridized carbons (Fsp3) is 0.886. The molecule has 0 saturated heterocycles. The molecule has 0 aromatic rings. The van der Waals surface area contributed by atoms with Crippen LogP contribution in [0.5, 0.6) is 0 Å². The zero-order valence-electron chi connectivity index (χ0n) is 37.5. The predicted octanol–water partition coefficient (Wildman–Crippen LogP) is 7.57. The van der Waals surface area contributed by atoms with Crippen LogP contribution in [0.4, 0.5) is 0 Å². The van der Waals surface area contributed by atoms with Gasteiger partial charge in [0.05, 0.1) is 34.3 Å². The molecular formula is C44H84N2O11+2. The van der Waals surface area contributed by atoms with E-state index in [0.717, 1.165) is 70.6 Å². The van der Waals surface area contributed by atoms with Crippen molar-refractivity contribution in [3.8, 4) is 0 Å². The van der Waals surface area contributed by atoms with Crippen LogP contribution in [0.15, 0.2) is 0 Å². The van der Waals surface area contributed by atoms with Crippen molar-refractivity contribution in [1.29, 1.82) is 0 Å². The van der Waals surface area contributed by atoms with Crippen LogP contribution in [0.25, 0.3) is 0 Å². The Morgan fingerprint density at radius 3 is 1.35 bits per heavy atom. The van der Waals surface area contributed by atoms with Crippen LogP contribution in [0.1, 0.15) is 169 Å². The highest BCUT2D eigenvalue weighted by molar-refractivity contribution is 5.72. The minimum Gasteiger partial charge on any atom is -0.460 e. The van der Waals surface area contributed by atoms with Gasteiger partial charge in [0.15, 0.2) is 13.1 Å². The molecule has 0 rings (SSSR count). The summed E-state index contributed by atoms with van der Waals surface area (Å²) < 4.78 is 27.9. The molecule has 334 valence electrons. The van der Waals surface area contributed by atoms with E-state index in [2.05, 4.69) is 13.8 Å². The molecule has 13 heteroatoms. The van der Waals surface area contributed by atoms with Crippen LogP contribution >= 0.6 is 0 Å². The molecule has 0 radical (unpaired) electrons. The molecule has 0 saturated carbocycles. The summed E-state index contributed by atoms with van der Waals surface area (Å²) in [4.78, 5) is 60.9. The van der Waals surface area contributed by atoms with Gasteiger partial charge in [-0.2, -0.15) is 0 Å². The average molecular weight is 817 g/mol. The summed E-state index contributed by atoms with van der Waals surface area (Å²) in [6.45, 7) is 8.58.